The van der Waals surface area contributed by atoms with E-state index in [0.717, 1.165) is 53.9 Å². The van der Waals surface area contributed by atoms with Crippen LogP contribution in [0.4, 0.5) is 0 Å². The van der Waals surface area contributed by atoms with Crippen LogP contribution in [-0.2, 0) is 19.6 Å². The zero-order valence-corrected chi connectivity index (χ0v) is 17.8. The van der Waals surface area contributed by atoms with Gasteiger partial charge in [0.25, 0.3) is 0 Å². The number of aliphatic hydroxyl groups is 1. The molecule has 0 saturated carbocycles. The number of hydrogen-bond donors (Lipinski definition) is 1. The van der Waals surface area contributed by atoms with E-state index in [1.165, 1.54) is 0 Å². The van der Waals surface area contributed by atoms with E-state index in [-0.39, 0.29) is 6.10 Å². The maximum Gasteiger partial charge on any atom is 0.123 e. The van der Waals surface area contributed by atoms with Crippen LogP contribution < -0.4 is 9.47 Å². The van der Waals surface area contributed by atoms with Crippen LogP contribution in [0.3, 0.4) is 0 Å². The molecule has 0 amide bonds. The molecule has 0 radical (unpaired) electrons. The van der Waals surface area contributed by atoms with Gasteiger partial charge in [-0.05, 0) is 41.7 Å². The van der Waals surface area contributed by atoms with Crippen LogP contribution in [-0.4, -0.2) is 11.2 Å². The second-order valence-electron chi connectivity index (χ2n) is 7.71. The van der Waals surface area contributed by atoms with E-state index in [0.29, 0.717) is 19.6 Å². The summed E-state index contributed by atoms with van der Waals surface area (Å²) in [6, 6.07) is 26.2. The zero-order chi connectivity index (χ0) is 21.0. The number of benzene rings is 3. The van der Waals surface area contributed by atoms with Crippen LogP contribution in [0.2, 0.25) is 0 Å². The Labute approximate surface area is 180 Å². The lowest BCUT2D eigenvalue weighted by atomic mass is 10.0. The van der Waals surface area contributed by atoms with Crippen LogP contribution in [0, 0.1) is 0 Å². The molecule has 0 aliphatic rings. The van der Waals surface area contributed by atoms with Crippen molar-refractivity contribution < 1.29 is 14.6 Å². The third-order valence-corrected chi connectivity index (χ3v) is 5.05. The zero-order valence-electron chi connectivity index (χ0n) is 17.8. The van der Waals surface area contributed by atoms with E-state index < -0.39 is 0 Å². The molecule has 0 saturated heterocycles. The number of rotatable bonds is 12. The van der Waals surface area contributed by atoms with Crippen molar-refractivity contribution in [2.45, 2.75) is 58.3 Å². The standard InChI is InChI=1S/C27H32O3/c1-2-3-6-15-25(28)16-24-17-26(29-20-22-11-7-4-8-12-22)19-27(18-24)30-21-23-13-9-5-10-14-23/h4-5,7-14,17-19,25,28H,2-3,6,15-16,20-21H2,1H3/t25-/m0/s1. The van der Waals surface area contributed by atoms with Gasteiger partial charge in [0.2, 0.25) is 0 Å². The van der Waals surface area contributed by atoms with Crippen molar-refractivity contribution in [3.63, 3.8) is 0 Å². The predicted octanol–water partition coefficient (Wildman–Crippen LogP) is 6.33. The monoisotopic (exact) mass is 404 g/mol. The van der Waals surface area contributed by atoms with Crippen LogP contribution in [0.5, 0.6) is 11.5 Å². The largest absolute Gasteiger partial charge is 0.489 e. The van der Waals surface area contributed by atoms with Crippen molar-refractivity contribution in [3.05, 3.63) is 95.6 Å². The Morgan fingerprint density at radius 3 is 1.73 bits per heavy atom. The number of unbranched alkanes of at least 4 members (excludes halogenated alkanes) is 2. The van der Waals surface area contributed by atoms with Gasteiger partial charge in [0.15, 0.2) is 0 Å². The SMILES string of the molecule is CCCCC[C@H](O)Cc1cc(OCc2ccccc2)cc(OCc2ccccc2)c1. The Morgan fingerprint density at radius 1 is 0.700 bits per heavy atom. The molecule has 1 N–H and O–H groups in total. The molecule has 30 heavy (non-hydrogen) atoms. The molecule has 3 aromatic rings. The van der Waals surface area contributed by atoms with Crippen LogP contribution in [0.15, 0.2) is 78.9 Å². The molecule has 0 bridgehead atoms. The van der Waals surface area contributed by atoms with E-state index in [2.05, 4.69) is 6.92 Å². The molecule has 3 rings (SSSR count). The first-order valence-corrected chi connectivity index (χ1v) is 10.9. The minimum absolute atomic E-state index is 0.345. The highest BCUT2D eigenvalue weighted by molar-refractivity contribution is 5.39. The third-order valence-electron chi connectivity index (χ3n) is 5.05. The maximum absolute atomic E-state index is 10.4. The van der Waals surface area contributed by atoms with Crippen LogP contribution in [0.25, 0.3) is 0 Å². The summed E-state index contributed by atoms with van der Waals surface area (Å²) in [6.07, 6.45) is 4.45. The Balaban J connectivity index is 1.69. The van der Waals surface area contributed by atoms with Crippen molar-refractivity contribution in [1.29, 1.82) is 0 Å². The van der Waals surface area contributed by atoms with Crippen LogP contribution in [0.1, 0.15) is 49.3 Å². The molecule has 0 fully saturated rings. The van der Waals surface area contributed by atoms with E-state index in [9.17, 15) is 5.11 Å². The fourth-order valence-electron chi connectivity index (χ4n) is 3.40. The highest BCUT2D eigenvalue weighted by Gasteiger charge is 2.10. The van der Waals surface area contributed by atoms with Crippen molar-refractivity contribution in [2.24, 2.45) is 0 Å². The van der Waals surface area contributed by atoms with Crippen molar-refractivity contribution in [2.75, 3.05) is 0 Å². The second kappa shape index (κ2) is 12.0. The quantitative estimate of drug-likeness (QED) is 0.359. The highest BCUT2D eigenvalue weighted by atomic mass is 16.5. The van der Waals surface area contributed by atoms with Gasteiger partial charge in [-0.25, -0.2) is 0 Å². The van der Waals surface area contributed by atoms with Gasteiger partial charge in [-0.2, -0.15) is 0 Å². The average molecular weight is 405 g/mol. The smallest absolute Gasteiger partial charge is 0.123 e. The highest BCUT2D eigenvalue weighted by Crippen LogP contribution is 2.26. The Bertz CT molecular complexity index is 800. The van der Waals surface area contributed by atoms with E-state index in [4.69, 9.17) is 9.47 Å². The van der Waals surface area contributed by atoms with E-state index >= 15 is 0 Å². The van der Waals surface area contributed by atoms with Crippen molar-refractivity contribution in [3.8, 4) is 11.5 Å². The molecule has 3 heteroatoms. The molecule has 0 aliphatic heterocycles. The topological polar surface area (TPSA) is 38.7 Å². The first-order chi connectivity index (χ1) is 14.7. The van der Waals surface area contributed by atoms with Gasteiger partial charge >= 0.3 is 0 Å². The fourth-order valence-corrected chi connectivity index (χ4v) is 3.40. The lowest BCUT2D eigenvalue weighted by Crippen LogP contribution is -2.10. The summed E-state index contributed by atoms with van der Waals surface area (Å²) in [5.41, 5.74) is 3.27. The minimum atomic E-state index is -0.345. The van der Waals surface area contributed by atoms with Gasteiger partial charge in [-0.15, -0.1) is 0 Å². The molecule has 3 nitrogen and oxygen atoms in total. The summed E-state index contributed by atoms with van der Waals surface area (Å²) in [4.78, 5) is 0. The summed E-state index contributed by atoms with van der Waals surface area (Å²) in [5.74, 6) is 1.53. The predicted molar refractivity (Wildman–Crippen MR) is 122 cm³/mol. The normalized spacial score (nSPS) is 11.8. The van der Waals surface area contributed by atoms with Gasteiger partial charge < -0.3 is 14.6 Å². The number of hydrogen-bond acceptors (Lipinski definition) is 3. The average Bonchev–Trinajstić information content (AvgIpc) is 2.78. The van der Waals surface area contributed by atoms with Gasteiger partial charge in [0.1, 0.15) is 24.7 Å². The van der Waals surface area contributed by atoms with E-state index in [1.54, 1.807) is 0 Å². The molecule has 0 unspecified atom stereocenters. The van der Waals surface area contributed by atoms with Crippen molar-refractivity contribution >= 4 is 0 Å². The molecular formula is C27H32O3. The van der Waals surface area contributed by atoms with Gasteiger partial charge in [0, 0.05) is 6.07 Å². The summed E-state index contributed by atoms with van der Waals surface area (Å²) < 4.78 is 12.1. The lowest BCUT2D eigenvalue weighted by Gasteiger charge is -2.15. The fraction of sp³-hybridized carbons (Fsp3) is 0.333. The number of ether oxygens (including phenoxy) is 2. The molecule has 1 atom stereocenters. The van der Waals surface area contributed by atoms with Crippen LogP contribution >= 0.6 is 0 Å². The first kappa shape index (κ1) is 21.9. The second-order valence-corrected chi connectivity index (χ2v) is 7.71. The lowest BCUT2D eigenvalue weighted by molar-refractivity contribution is 0.161. The molecule has 0 aromatic heterocycles. The van der Waals surface area contributed by atoms with Crippen molar-refractivity contribution in [1.82, 2.24) is 0 Å². The Hall–Kier alpha value is -2.78. The molecule has 3 aromatic carbocycles. The molecule has 0 aliphatic carbocycles. The summed E-state index contributed by atoms with van der Waals surface area (Å²) in [6.45, 7) is 3.18. The minimum Gasteiger partial charge on any atom is -0.489 e. The Morgan fingerprint density at radius 2 is 1.23 bits per heavy atom. The van der Waals surface area contributed by atoms with Gasteiger partial charge in [-0.3, -0.25) is 0 Å². The molecule has 158 valence electrons. The summed E-state index contributed by atoms with van der Waals surface area (Å²) >= 11 is 0. The molecule has 0 heterocycles. The number of aliphatic hydroxyl groups excluding tert-OH is 1. The molecular weight excluding hydrogens is 372 g/mol. The Kier molecular flexibility index (Phi) is 8.80. The third kappa shape index (κ3) is 7.57. The van der Waals surface area contributed by atoms with E-state index in [1.807, 2.05) is 78.9 Å². The first-order valence-electron chi connectivity index (χ1n) is 10.9. The van der Waals surface area contributed by atoms with Gasteiger partial charge in [-0.1, -0.05) is 86.8 Å². The summed E-state index contributed by atoms with van der Waals surface area (Å²) in [5, 5.41) is 10.4. The summed E-state index contributed by atoms with van der Waals surface area (Å²) in [7, 11) is 0. The van der Waals surface area contributed by atoms with Gasteiger partial charge in [0.05, 0.1) is 6.10 Å². The maximum atomic E-state index is 10.4. The molecule has 0 spiro atoms.